The minimum atomic E-state index is -4.02. The van der Waals surface area contributed by atoms with Crippen LogP contribution in [-0.4, -0.2) is 9.79 Å². The van der Waals surface area contributed by atoms with Crippen molar-refractivity contribution >= 4 is 12.9 Å². The van der Waals surface area contributed by atoms with Gasteiger partial charge in [-0.05, 0) is 12.1 Å². The van der Waals surface area contributed by atoms with Gasteiger partial charge in [0.25, 0.3) is 0 Å². The standard InChI is InChI=1S/C6H7O3P.Ni/c7-10(8,9)6-4-2-1-3-5-6;/h1-5H,(H2,7,8,9);. The Bertz CT molecular complexity index is 256. The van der Waals surface area contributed by atoms with Crippen molar-refractivity contribution in [1.29, 1.82) is 0 Å². The number of hydrogen-bond donors (Lipinski definition) is 2. The second-order valence-corrected chi connectivity index (χ2v) is 3.48. The molecule has 1 rings (SSSR count). The maximum Gasteiger partial charge on any atom is 0.356 e. The topological polar surface area (TPSA) is 57.5 Å². The molecule has 0 heterocycles. The van der Waals surface area contributed by atoms with Crippen LogP contribution in [0.2, 0.25) is 0 Å². The summed E-state index contributed by atoms with van der Waals surface area (Å²) >= 11 is 0. The van der Waals surface area contributed by atoms with Crippen molar-refractivity contribution in [1.82, 2.24) is 0 Å². The van der Waals surface area contributed by atoms with Crippen molar-refractivity contribution in [3.8, 4) is 0 Å². The maximum absolute atomic E-state index is 10.5. The third-order valence-corrected chi connectivity index (χ3v) is 2.06. The third kappa shape index (κ3) is 3.17. The molecule has 0 aliphatic rings. The van der Waals surface area contributed by atoms with Gasteiger partial charge < -0.3 is 9.79 Å². The van der Waals surface area contributed by atoms with Gasteiger partial charge >= 0.3 is 7.60 Å². The molecule has 64 valence electrons. The molecule has 1 aromatic rings. The fourth-order valence-corrected chi connectivity index (χ4v) is 1.18. The molecule has 0 saturated carbocycles. The monoisotopic (exact) mass is 216 g/mol. The maximum atomic E-state index is 10.5. The van der Waals surface area contributed by atoms with E-state index in [2.05, 4.69) is 0 Å². The van der Waals surface area contributed by atoms with Crippen LogP contribution < -0.4 is 5.30 Å². The second-order valence-electron chi connectivity index (χ2n) is 1.88. The molecule has 0 radical (unpaired) electrons. The van der Waals surface area contributed by atoms with E-state index in [0.29, 0.717) is 0 Å². The Labute approximate surface area is 74.5 Å². The summed E-state index contributed by atoms with van der Waals surface area (Å²) in [5.74, 6) is 0. The van der Waals surface area contributed by atoms with E-state index >= 15 is 0 Å². The molecule has 0 aromatic heterocycles. The van der Waals surface area contributed by atoms with Gasteiger partial charge in [-0.2, -0.15) is 0 Å². The largest absolute Gasteiger partial charge is 0.356 e. The van der Waals surface area contributed by atoms with Gasteiger partial charge in [-0.15, -0.1) is 0 Å². The summed E-state index contributed by atoms with van der Waals surface area (Å²) in [5, 5.41) is 0.0648. The summed E-state index contributed by atoms with van der Waals surface area (Å²) in [7, 11) is -4.02. The fraction of sp³-hybridized carbons (Fsp3) is 0. The van der Waals surface area contributed by atoms with Gasteiger partial charge in [0.15, 0.2) is 0 Å². The van der Waals surface area contributed by atoms with E-state index in [9.17, 15) is 4.57 Å². The van der Waals surface area contributed by atoms with Gasteiger partial charge in [0, 0.05) is 16.5 Å². The van der Waals surface area contributed by atoms with Crippen LogP contribution in [0.5, 0.6) is 0 Å². The molecule has 0 aliphatic heterocycles. The number of rotatable bonds is 1. The summed E-state index contributed by atoms with van der Waals surface area (Å²) in [5.41, 5.74) is 0. The zero-order chi connectivity index (χ0) is 7.61. The fourth-order valence-electron chi connectivity index (χ4n) is 0.622. The predicted molar refractivity (Wildman–Crippen MR) is 38.1 cm³/mol. The Morgan fingerprint density at radius 1 is 1.09 bits per heavy atom. The minimum Gasteiger partial charge on any atom is -0.321 e. The van der Waals surface area contributed by atoms with Gasteiger partial charge in [-0.3, -0.25) is 4.57 Å². The first-order chi connectivity index (χ1) is 4.61. The van der Waals surface area contributed by atoms with Crippen LogP contribution in [0.15, 0.2) is 30.3 Å². The molecule has 1 aromatic carbocycles. The van der Waals surface area contributed by atoms with Gasteiger partial charge in [-0.1, -0.05) is 18.2 Å². The summed E-state index contributed by atoms with van der Waals surface area (Å²) in [6.45, 7) is 0. The molecule has 0 spiro atoms. The molecule has 0 bridgehead atoms. The molecule has 3 nitrogen and oxygen atoms in total. The predicted octanol–water partition coefficient (Wildman–Crippen LogP) is 0.487. The average molecular weight is 217 g/mol. The average Bonchev–Trinajstić information content (AvgIpc) is 1.88. The summed E-state index contributed by atoms with van der Waals surface area (Å²) < 4.78 is 10.5. The minimum absolute atomic E-state index is 0. The molecule has 0 unspecified atom stereocenters. The Morgan fingerprint density at radius 3 is 1.82 bits per heavy atom. The van der Waals surface area contributed by atoms with Gasteiger partial charge in [0.05, 0.1) is 5.30 Å². The van der Waals surface area contributed by atoms with Crippen LogP contribution in [0.4, 0.5) is 0 Å². The molecular formula is C6H7NiO3P. The van der Waals surface area contributed by atoms with Crippen molar-refractivity contribution in [3.63, 3.8) is 0 Å². The van der Waals surface area contributed by atoms with Crippen LogP contribution in [0.25, 0.3) is 0 Å². The van der Waals surface area contributed by atoms with E-state index in [4.69, 9.17) is 9.79 Å². The van der Waals surface area contributed by atoms with Crippen LogP contribution >= 0.6 is 7.60 Å². The van der Waals surface area contributed by atoms with Crippen LogP contribution in [0, 0.1) is 0 Å². The summed E-state index contributed by atoms with van der Waals surface area (Å²) in [4.78, 5) is 17.2. The Morgan fingerprint density at radius 2 is 1.55 bits per heavy atom. The second kappa shape index (κ2) is 4.03. The van der Waals surface area contributed by atoms with E-state index in [1.54, 1.807) is 18.2 Å². The first-order valence-electron chi connectivity index (χ1n) is 2.72. The molecule has 11 heavy (non-hydrogen) atoms. The molecule has 0 amide bonds. The van der Waals surface area contributed by atoms with E-state index in [-0.39, 0.29) is 21.8 Å². The molecule has 0 saturated heterocycles. The van der Waals surface area contributed by atoms with E-state index in [1.807, 2.05) is 0 Å². The first kappa shape index (κ1) is 10.9. The van der Waals surface area contributed by atoms with Crippen molar-refractivity contribution in [2.45, 2.75) is 0 Å². The van der Waals surface area contributed by atoms with Crippen molar-refractivity contribution < 1.29 is 30.8 Å². The molecule has 5 heteroatoms. The smallest absolute Gasteiger partial charge is 0.321 e. The first-order valence-corrected chi connectivity index (χ1v) is 4.33. The van der Waals surface area contributed by atoms with Gasteiger partial charge in [0.1, 0.15) is 0 Å². The SMILES string of the molecule is O=P(O)(O)c1ccccc1.[Ni]. The quantitative estimate of drug-likeness (QED) is 0.531. The molecule has 2 N–H and O–H groups in total. The molecular weight excluding hydrogens is 210 g/mol. The van der Waals surface area contributed by atoms with E-state index < -0.39 is 7.60 Å². The Hall–Kier alpha value is -0.136. The zero-order valence-electron chi connectivity index (χ0n) is 5.45. The zero-order valence-corrected chi connectivity index (χ0v) is 7.33. The summed E-state index contributed by atoms with van der Waals surface area (Å²) in [6.07, 6.45) is 0. The molecule has 0 atom stereocenters. The van der Waals surface area contributed by atoms with Gasteiger partial charge in [0.2, 0.25) is 0 Å². The van der Waals surface area contributed by atoms with Crippen LogP contribution in [-0.2, 0) is 21.1 Å². The normalized spacial score (nSPS) is 10.4. The molecule has 0 aliphatic carbocycles. The van der Waals surface area contributed by atoms with Crippen molar-refractivity contribution in [2.75, 3.05) is 0 Å². The molecule has 0 fully saturated rings. The van der Waals surface area contributed by atoms with E-state index in [1.165, 1.54) is 12.1 Å². The van der Waals surface area contributed by atoms with Crippen molar-refractivity contribution in [3.05, 3.63) is 30.3 Å². The van der Waals surface area contributed by atoms with Crippen LogP contribution in [0.3, 0.4) is 0 Å². The Balaban J connectivity index is 0.000001000. The number of hydrogen-bond acceptors (Lipinski definition) is 1. The number of benzene rings is 1. The van der Waals surface area contributed by atoms with Crippen molar-refractivity contribution in [2.24, 2.45) is 0 Å². The third-order valence-electron chi connectivity index (χ3n) is 1.09. The van der Waals surface area contributed by atoms with Crippen LogP contribution in [0.1, 0.15) is 0 Å². The van der Waals surface area contributed by atoms with Gasteiger partial charge in [-0.25, -0.2) is 0 Å². The summed E-state index contributed by atoms with van der Waals surface area (Å²) in [6, 6.07) is 7.70. The van der Waals surface area contributed by atoms with E-state index in [0.717, 1.165) is 0 Å². The Kier molecular flexibility index (Phi) is 3.98.